The number of hydrogen-bond donors (Lipinski definition) is 3. The lowest BCUT2D eigenvalue weighted by atomic mass is 9.82. The van der Waals surface area contributed by atoms with Gasteiger partial charge in [-0.15, -0.1) is 0 Å². The molecule has 2 aromatic rings. The molecule has 1 aliphatic rings. The number of furan rings is 1. The van der Waals surface area contributed by atoms with E-state index in [1.54, 1.807) is 12.1 Å². The summed E-state index contributed by atoms with van der Waals surface area (Å²) in [4.78, 5) is 35.7. The van der Waals surface area contributed by atoms with Gasteiger partial charge in [0.1, 0.15) is 11.8 Å². The van der Waals surface area contributed by atoms with Crippen LogP contribution in [0, 0.1) is 22.0 Å². The predicted molar refractivity (Wildman–Crippen MR) is 118 cm³/mol. The molecule has 1 aliphatic heterocycles. The van der Waals surface area contributed by atoms with E-state index in [4.69, 9.17) is 14.3 Å². The Hall–Kier alpha value is -3.24. The summed E-state index contributed by atoms with van der Waals surface area (Å²) >= 11 is 0. The second kappa shape index (κ2) is 11.1. The van der Waals surface area contributed by atoms with E-state index in [0.29, 0.717) is 5.76 Å². The minimum atomic E-state index is -1.19. The Labute approximate surface area is 191 Å². The van der Waals surface area contributed by atoms with Crippen LogP contribution < -0.4 is 10.6 Å². The largest absolute Gasteiger partial charge is 0.481 e. The SMILES string of the molecule is CC(C)C(OCc1ccccc1)[C@H]1[C@H]([N+](=O)[O-])[C@H](c2ccco2)N[C@@H]1C(=O)NCCC(=O)O. The van der Waals surface area contributed by atoms with Gasteiger partial charge >= 0.3 is 5.97 Å². The maximum Gasteiger partial charge on any atom is 0.305 e. The van der Waals surface area contributed by atoms with Crippen LogP contribution in [0.4, 0.5) is 0 Å². The first kappa shape index (κ1) is 24.4. The first-order valence-corrected chi connectivity index (χ1v) is 10.9. The molecule has 10 nitrogen and oxygen atoms in total. The molecule has 1 aromatic carbocycles. The van der Waals surface area contributed by atoms with Crippen molar-refractivity contribution in [1.29, 1.82) is 0 Å². The van der Waals surface area contributed by atoms with Gasteiger partial charge in [-0.05, 0) is 23.6 Å². The number of ether oxygens (including phenoxy) is 1. The third-order valence-electron chi connectivity index (χ3n) is 5.82. The molecule has 0 bridgehead atoms. The van der Waals surface area contributed by atoms with E-state index < -0.39 is 46.9 Å². The molecule has 10 heteroatoms. The van der Waals surface area contributed by atoms with Crippen LogP contribution in [0.2, 0.25) is 0 Å². The fourth-order valence-electron chi connectivity index (χ4n) is 4.36. The van der Waals surface area contributed by atoms with Gasteiger partial charge in [-0.2, -0.15) is 0 Å². The second-order valence-corrected chi connectivity index (χ2v) is 8.43. The molecule has 33 heavy (non-hydrogen) atoms. The topological polar surface area (TPSA) is 144 Å². The van der Waals surface area contributed by atoms with E-state index in [1.165, 1.54) is 6.26 Å². The summed E-state index contributed by atoms with van der Waals surface area (Å²) in [7, 11) is 0. The van der Waals surface area contributed by atoms with Gasteiger partial charge in [0.2, 0.25) is 11.9 Å². The zero-order chi connectivity index (χ0) is 24.0. The second-order valence-electron chi connectivity index (χ2n) is 8.43. The van der Waals surface area contributed by atoms with Gasteiger partial charge in [0.15, 0.2) is 0 Å². The zero-order valence-electron chi connectivity index (χ0n) is 18.5. The molecule has 1 amide bonds. The molecular weight excluding hydrogens is 430 g/mol. The number of benzene rings is 1. The van der Waals surface area contributed by atoms with Gasteiger partial charge in [-0.3, -0.25) is 25.0 Å². The van der Waals surface area contributed by atoms with Crippen LogP contribution >= 0.6 is 0 Å². The van der Waals surface area contributed by atoms with Crippen molar-refractivity contribution in [3.63, 3.8) is 0 Å². The van der Waals surface area contributed by atoms with E-state index in [2.05, 4.69) is 10.6 Å². The highest BCUT2D eigenvalue weighted by molar-refractivity contribution is 5.83. The molecule has 1 fully saturated rings. The lowest BCUT2D eigenvalue weighted by molar-refractivity contribution is -0.535. The number of nitrogens with one attached hydrogen (secondary N) is 2. The Morgan fingerprint density at radius 3 is 2.55 bits per heavy atom. The Bertz CT molecular complexity index is 933. The van der Waals surface area contributed by atoms with Crippen molar-refractivity contribution in [1.82, 2.24) is 10.6 Å². The van der Waals surface area contributed by atoms with E-state index in [0.717, 1.165) is 5.56 Å². The highest BCUT2D eigenvalue weighted by Crippen LogP contribution is 2.39. The van der Waals surface area contributed by atoms with Crippen molar-refractivity contribution < 1.29 is 28.8 Å². The van der Waals surface area contributed by atoms with E-state index in [-0.39, 0.29) is 25.5 Å². The number of carbonyl (C=O) groups is 2. The van der Waals surface area contributed by atoms with Crippen molar-refractivity contribution in [3.8, 4) is 0 Å². The van der Waals surface area contributed by atoms with Crippen molar-refractivity contribution in [2.24, 2.45) is 11.8 Å². The number of aliphatic carboxylic acids is 1. The molecule has 0 aliphatic carbocycles. The number of hydrogen-bond acceptors (Lipinski definition) is 7. The fraction of sp³-hybridized carbons (Fsp3) is 0.478. The molecule has 5 atom stereocenters. The van der Waals surface area contributed by atoms with Gasteiger partial charge < -0.3 is 19.6 Å². The van der Waals surface area contributed by atoms with Crippen LogP contribution in [0.15, 0.2) is 53.1 Å². The molecule has 1 saturated heterocycles. The van der Waals surface area contributed by atoms with E-state index >= 15 is 0 Å². The van der Waals surface area contributed by atoms with Crippen LogP contribution in [-0.4, -0.2) is 46.6 Å². The number of nitro groups is 1. The minimum absolute atomic E-state index is 0.0785. The summed E-state index contributed by atoms with van der Waals surface area (Å²) in [6.07, 6.45) is 0.555. The van der Waals surface area contributed by atoms with Crippen LogP contribution in [-0.2, 0) is 20.9 Å². The summed E-state index contributed by atoms with van der Waals surface area (Å²) < 4.78 is 11.6. The molecule has 1 unspecified atom stereocenters. The number of carbonyl (C=O) groups excluding carboxylic acids is 1. The first-order valence-electron chi connectivity index (χ1n) is 10.9. The van der Waals surface area contributed by atoms with Crippen molar-refractivity contribution in [3.05, 3.63) is 70.2 Å². The summed E-state index contributed by atoms with van der Waals surface area (Å²) in [5.74, 6) is -2.14. The number of carboxylic acids is 1. The van der Waals surface area contributed by atoms with Crippen molar-refractivity contribution in [2.75, 3.05) is 6.54 Å². The maximum absolute atomic E-state index is 13.0. The van der Waals surface area contributed by atoms with Gasteiger partial charge in [0.25, 0.3) is 0 Å². The Morgan fingerprint density at radius 2 is 1.97 bits per heavy atom. The monoisotopic (exact) mass is 459 g/mol. The lowest BCUT2D eigenvalue weighted by Gasteiger charge is -2.31. The fourth-order valence-corrected chi connectivity index (χ4v) is 4.36. The lowest BCUT2D eigenvalue weighted by Crippen LogP contribution is -2.51. The highest BCUT2D eigenvalue weighted by Gasteiger charge is 2.58. The van der Waals surface area contributed by atoms with E-state index in [1.807, 2.05) is 44.2 Å². The summed E-state index contributed by atoms with van der Waals surface area (Å²) in [6, 6.07) is 9.73. The first-order chi connectivity index (χ1) is 15.8. The Kier molecular flexibility index (Phi) is 8.18. The van der Waals surface area contributed by atoms with Crippen LogP contribution in [0.1, 0.15) is 37.6 Å². The molecule has 1 aromatic heterocycles. The van der Waals surface area contributed by atoms with Gasteiger partial charge in [-0.25, -0.2) is 0 Å². The van der Waals surface area contributed by atoms with Gasteiger partial charge in [-0.1, -0.05) is 44.2 Å². The number of carboxylic acid groups (broad SMARTS) is 1. The quantitative estimate of drug-likeness (QED) is 0.343. The van der Waals surface area contributed by atoms with Gasteiger partial charge in [0, 0.05) is 11.5 Å². The van der Waals surface area contributed by atoms with Gasteiger partial charge in [0.05, 0.1) is 37.4 Å². The van der Waals surface area contributed by atoms with Crippen LogP contribution in [0.3, 0.4) is 0 Å². The number of rotatable bonds is 11. The molecule has 0 radical (unpaired) electrons. The van der Waals surface area contributed by atoms with Crippen LogP contribution in [0.25, 0.3) is 0 Å². The Morgan fingerprint density at radius 1 is 1.24 bits per heavy atom. The normalized spacial score (nSPS) is 23.4. The summed E-state index contributed by atoms with van der Waals surface area (Å²) in [5.41, 5.74) is 0.914. The average molecular weight is 459 g/mol. The molecule has 0 spiro atoms. The smallest absolute Gasteiger partial charge is 0.305 e. The third kappa shape index (κ3) is 5.96. The Balaban J connectivity index is 1.91. The van der Waals surface area contributed by atoms with Crippen molar-refractivity contribution >= 4 is 11.9 Å². The molecule has 0 saturated carbocycles. The molecule has 3 rings (SSSR count). The molecule has 2 heterocycles. The highest BCUT2D eigenvalue weighted by atomic mass is 16.6. The average Bonchev–Trinajstić information content (AvgIpc) is 3.42. The predicted octanol–water partition coefficient (Wildman–Crippen LogP) is 2.39. The maximum atomic E-state index is 13.0. The third-order valence-corrected chi connectivity index (χ3v) is 5.82. The standard InChI is InChI=1S/C23H29N3O7/c1-14(2)22(33-13-15-7-4-3-5-8-15)18-20(23(29)24-11-10-17(27)28)25-19(21(18)26(30)31)16-9-6-12-32-16/h3-9,12,14,18-22,25H,10-11,13H2,1-2H3,(H,24,29)(H,27,28)/t18-,19+,20+,21+,22?/m1/s1. The molecule has 3 N–H and O–H groups in total. The summed E-state index contributed by atoms with van der Waals surface area (Å²) in [5, 5.41) is 26.8. The summed E-state index contributed by atoms with van der Waals surface area (Å²) in [6.45, 7) is 3.95. The van der Waals surface area contributed by atoms with Crippen molar-refractivity contribution in [2.45, 2.75) is 51.1 Å². The number of nitrogens with zero attached hydrogens (tertiary/aromatic N) is 1. The minimum Gasteiger partial charge on any atom is -0.481 e. The van der Waals surface area contributed by atoms with Crippen LogP contribution in [0.5, 0.6) is 0 Å². The molecule has 178 valence electrons. The number of amides is 1. The zero-order valence-corrected chi connectivity index (χ0v) is 18.5. The molecular formula is C23H29N3O7. The van der Waals surface area contributed by atoms with E-state index in [9.17, 15) is 19.7 Å².